The molecule has 0 spiro atoms. The summed E-state index contributed by atoms with van der Waals surface area (Å²) in [6.45, 7) is 5.26. The Hall–Kier alpha value is -0.910. The van der Waals surface area contributed by atoms with Gasteiger partial charge in [-0.3, -0.25) is 0 Å². The molecule has 5 heteroatoms. The molecule has 0 aliphatic heterocycles. The second kappa shape index (κ2) is 7.76. The van der Waals surface area contributed by atoms with Crippen LogP contribution >= 0.6 is 0 Å². The van der Waals surface area contributed by atoms with Crippen LogP contribution in [0.25, 0.3) is 0 Å². The summed E-state index contributed by atoms with van der Waals surface area (Å²) in [6, 6.07) is 7.25. The smallest absolute Gasteiger partial charge is 0.179 e. The second-order valence-corrected chi connectivity index (χ2v) is 7.39. The zero-order valence-corrected chi connectivity index (χ0v) is 13.5. The van der Waals surface area contributed by atoms with Gasteiger partial charge in [-0.1, -0.05) is 25.5 Å². The van der Waals surface area contributed by atoms with E-state index >= 15 is 0 Å². The van der Waals surface area contributed by atoms with Crippen molar-refractivity contribution in [3.8, 4) is 0 Å². The van der Waals surface area contributed by atoms with Gasteiger partial charge < -0.3 is 10.6 Å². The van der Waals surface area contributed by atoms with Gasteiger partial charge in [-0.25, -0.2) is 8.42 Å². The van der Waals surface area contributed by atoms with E-state index in [1.807, 2.05) is 7.05 Å². The summed E-state index contributed by atoms with van der Waals surface area (Å²) in [5.41, 5.74) is 6.46. The van der Waals surface area contributed by atoms with Crippen molar-refractivity contribution < 1.29 is 8.42 Å². The summed E-state index contributed by atoms with van der Waals surface area (Å²) in [5.74, 6) is 0.152. The van der Waals surface area contributed by atoms with Crippen LogP contribution in [0.1, 0.15) is 32.3 Å². The van der Waals surface area contributed by atoms with Crippen molar-refractivity contribution in [1.82, 2.24) is 4.90 Å². The van der Waals surface area contributed by atoms with E-state index in [2.05, 4.69) is 18.7 Å². The van der Waals surface area contributed by atoms with Gasteiger partial charge in [0.1, 0.15) is 0 Å². The van der Waals surface area contributed by atoms with Crippen molar-refractivity contribution in [3.63, 3.8) is 0 Å². The molecule has 0 aliphatic rings. The Labute approximate surface area is 122 Å². The number of benzene rings is 1. The summed E-state index contributed by atoms with van der Waals surface area (Å²) >= 11 is 0. The van der Waals surface area contributed by atoms with Crippen LogP contribution in [-0.2, 0) is 16.4 Å². The summed E-state index contributed by atoms with van der Waals surface area (Å²) in [5, 5.41) is 0. The molecule has 0 bridgehead atoms. The zero-order valence-electron chi connectivity index (χ0n) is 12.7. The molecule has 20 heavy (non-hydrogen) atoms. The van der Waals surface area contributed by atoms with Gasteiger partial charge in [0.05, 0.1) is 10.6 Å². The van der Waals surface area contributed by atoms with Gasteiger partial charge in [0.15, 0.2) is 9.84 Å². The van der Waals surface area contributed by atoms with Gasteiger partial charge in [-0.15, -0.1) is 0 Å². The summed E-state index contributed by atoms with van der Waals surface area (Å²) < 4.78 is 24.5. The van der Waals surface area contributed by atoms with Crippen LogP contribution in [0.4, 0.5) is 0 Å². The fraction of sp³-hybridized carbons (Fsp3) is 0.600. The lowest BCUT2D eigenvalue weighted by molar-refractivity contribution is 0.258. The molecular formula is C15H26N2O2S. The molecule has 1 rings (SSSR count). The maximum atomic E-state index is 12.3. The summed E-state index contributed by atoms with van der Waals surface area (Å²) in [4.78, 5) is 2.49. The highest BCUT2D eigenvalue weighted by Crippen LogP contribution is 2.13. The number of sulfone groups is 1. The molecule has 0 heterocycles. The van der Waals surface area contributed by atoms with E-state index in [1.54, 1.807) is 24.3 Å². The minimum absolute atomic E-state index is 0.152. The van der Waals surface area contributed by atoms with E-state index in [4.69, 9.17) is 5.73 Å². The third kappa shape index (κ3) is 4.89. The Morgan fingerprint density at radius 3 is 2.35 bits per heavy atom. The summed E-state index contributed by atoms with van der Waals surface area (Å²) in [7, 11) is -1.23. The van der Waals surface area contributed by atoms with Gasteiger partial charge in [0.25, 0.3) is 0 Å². The molecular weight excluding hydrogens is 272 g/mol. The molecule has 0 saturated carbocycles. The van der Waals surface area contributed by atoms with Crippen LogP contribution in [0.5, 0.6) is 0 Å². The molecule has 1 aromatic rings. The van der Waals surface area contributed by atoms with E-state index in [0.717, 1.165) is 18.4 Å². The van der Waals surface area contributed by atoms with E-state index in [-0.39, 0.29) is 5.75 Å². The Morgan fingerprint density at radius 1 is 1.25 bits per heavy atom. The van der Waals surface area contributed by atoms with Crippen LogP contribution in [0, 0.1) is 0 Å². The number of hydrogen-bond donors (Lipinski definition) is 1. The molecule has 0 radical (unpaired) electrons. The highest BCUT2D eigenvalue weighted by Gasteiger charge is 2.17. The Bertz CT molecular complexity index is 497. The minimum Gasteiger partial charge on any atom is -0.326 e. The predicted molar refractivity (Wildman–Crippen MR) is 83.4 cm³/mol. The Balaban J connectivity index is 2.65. The standard InChI is InChI=1S/C15H26N2O2S/c1-4-5-13(2)17(3)10-11-20(18,19)15-8-6-14(12-16)7-9-15/h6-9,13H,4-5,10-12,16H2,1-3H3. The van der Waals surface area contributed by atoms with Crippen LogP contribution in [0.2, 0.25) is 0 Å². The first kappa shape index (κ1) is 17.1. The molecule has 1 aromatic carbocycles. The van der Waals surface area contributed by atoms with Crippen LogP contribution in [-0.4, -0.2) is 38.7 Å². The van der Waals surface area contributed by atoms with Crippen molar-refractivity contribution in [3.05, 3.63) is 29.8 Å². The van der Waals surface area contributed by atoms with Gasteiger partial charge in [-0.05, 0) is 38.1 Å². The lowest BCUT2D eigenvalue weighted by atomic mass is 10.2. The first-order valence-corrected chi connectivity index (χ1v) is 8.78. The molecule has 0 fully saturated rings. The molecule has 4 nitrogen and oxygen atoms in total. The quantitative estimate of drug-likeness (QED) is 0.798. The third-order valence-electron chi connectivity index (χ3n) is 3.69. The van der Waals surface area contributed by atoms with Gasteiger partial charge in [0.2, 0.25) is 0 Å². The second-order valence-electron chi connectivity index (χ2n) is 5.29. The largest absolute Gasteiger partial charge is 0.326 e. The van der Waals surface area contributed by atoms with Crippen molar-refractivity contribution in [2.45, 2.75) is 44.2 Å². The Kier molecular flexibility index (Phi) is 6.65. The molecule has 0 amide bonds. The monoisotopic (exact) mass is 298 g/mol. The van der Waals surface area contributed by atoms with Crippen LogP contribution < -0.4 is 5.73 Å². The van der Waals surface area contributed by atoms with Gasteiger partial charge in [-0.2, -0.15) is 0 Å². The summed E-state index contributed by atoms with van der Waals surface area (Å²) in [6.07, 6.45) is 2.19. The fourth-order valence-corrected chi connectivity index (χ4v) is 3.39. The van der Waals surface area contributed by atoms with Gasteiger partial charge >= 0.3 is 0 Å². The van der Waals surface area contributed by atoms with Crippen molar-refractivity contribution in [1.29, 1.82) is 0 Å². The lowest BCUT2D eigenvalue weighted by Crippen LogP contribution is -2.33. The van der Waals surface area contributed by atoms with Crippen LogP contribution in [0.3, 0.4) is 0 Å². The first-order valence-electron chi connectivity index (χ1n) is 7.12. The lowest BCUT2D eigenvalue weighted by Gasteiger charge is -2.24. The van der Waals surface area contributed by atoms with E-state index < -0.39 is 9.84 Å². The van der Waals surface area contributed by atoms with Crippen molar-refractivity contribution in [2.24, 2.45) is 5.73 Å². The maximum Gasteiger partial charge on any atom is 0.179 e. The average molecular weight is 298 g/mol. The number of hydrogen-bond acceptors (Lipinski definition) is 4. The molecule has 0 aliphatic carbocycles. The molecule has 0 aromatic heterocycles. The molecule has 1 atom stereocenters. The van der Waals surface area contributed by atoms with Crippen molar-refractivity contribution in [2.75, 3.05) is 19.3 Å². The topological polar surface area (TPSA) is 63.4 Å². The van der Waals surface area contributed by atoms with E-state index in [1.165, 1.54) is 0 Å². The number of nitrogens with two attached hydrogens (primary N) is 1. The van der Waals surface area contributed by atoms with Crippen molar-refractivity contribution >= 4 is 9.84 Å². The van der Waals surface area contributed by atoms with E-state index in [9.17, 15) is 8.42 Å². The highest BCUT2D eigenvalue weighted by molar-refractivity contribution is 7.91. The minimum atomic E-state index is -3.21. The normalized spacial score (nSPS) is 13.7. The first-order chi connectivity index (χ1) is 9.40. The fourth-order valence-electron chi connectivity index (χ4n) is 2.07. The van der Waals surface area contributed by atoms with Crippen LogP contribution in [0.15, 0.2) is 29.2 Å². The average Bonchev–Trinajstić information content (AvgIpc) is 2.45. The molecule has 1 unspecified atom stereocenters. The number of nitrogens with zero attached hydrogens (tertiary/aromatic N) is 1. The molecule has 114 valence electrons. The predicted octanol–water partition coefficient (Wildman–Crippen LogP) is 2.04. The van der Waals surface area contributed by atoms with E-state index in [0.29, 0.717) is 24.0 Å². The number of rotatable bonds is 8. The molecule has 0 saturated heterocycles. The molecule has 2 N–H and O–H groups in total. The SMILES string of the molecule is CCCC(C)N(C)CCS(=O)(=O)c1ccc(CN)cc1. The van der Waals surface area contributed by atoms with Gasteiger partial charge in [0, 0.05) is 19.1 Å². The maximum absolute atomic E-state index is 12.3. The highest BCUT2D eigenvalue weighted by atomic mass is 32.2. The Morgan fingerprint density at radius 2 is 1.85 bits per heavy atom. The third-order valence-corrected chi connectivity index (χ3v) is 5.40. The zero-order chi connectivity index (χ0) is 15.2.